The van der Waals surface area contributed by atoms with Crippen LogP contribution in [0.1, 0.15) is 19.2 Å². The highest BCUT2D eigenvalue weighted by Crippen LogP contribution is 2.37. The molecule has 2 N–H and O–H groups in total. The minimum Gasteiger partial charge on any atom is -0.355 e. The van der Waals surface area contributed by atoms with Gasteiger partial charge in [0.15, 0.2) is 0 Å². The highest BCUT2D eigenvalue weighted by molar-refractivity contribution is 5.81. The summed E-state index contributed by atoms with van der Waals surface area (Å²) in [7, 11) is 0. The minimum atomic E-state index is 0.193. The molecule has 0 radical (unpaired) electrons. The molecule has 1 aromatic heterocycles. The number of rotatable bonds is 4. The van der Waals surface area contributed by atoms with Crippen LogP contribution in [0.25, 0.3) is 11.0 Å². The molecule has 1 aromatic carbocycles. The van der Waals surface area contributed by atoms with Gasteiger partial charge in [-0.2, -0.15) is 0 Å². The third-order valence-corrected chi connectivity index (χ3v) is 3.55. The molecule has 0 aliphatic heterocycles. The van der Waals surface area contributed by atoms with Crippen molar-refractivity contribution in [1.82, 2.24) is 15.3 Å². The number of aromatic nitrogens is 2. The fourth-order valence-electron chi connectivity index (χ4n) is 2.25. The summed E-state index contributed by atoms with van der Waals surface area (Å²) in [5, 5.41) is 2.97. The largest absolute Gasteiger partial charge is 0.355 e. The Kier molecular flexibility index (Phi) is 2.78. The van der Waals surface area contributed by atoms with Gasteiger partial charge in [0.05, 0.1) is 11.0 Å². The predicted octanol–water partition coefficient (Wildman–Crippen LogP) is 1.88. The summed E-state index contributed by atoms with van der Waals surface area (Å²) in [5.74, 6) is 1.94. The van der Waals surface area contributed by atoms with Crippen molar-refractivity contribution in [2.24, 2.45) is 11.8 Å². The van der Waals surface area contributed by atoms with Crippen LogP contribution in [0.15, 0.2) is 24.3 Å². The van der Waals surface area contributed by atoms with E-state index >= 15 is 0 Å². The molecule has 94 valence electrons. The van der Waals surface area contributed by atoms with Crippen LogP contribution in [0.3, 0.4) is 0 Å². The van der Waals surface area contributed by atoms with E-state index in [0.717, 1.165) is 29.7 Å². The highest BCUT2D eigenvalue weighted by Gasteiger charge is 2.38. The molecule has 2 aromatic rings. The monoisotopic (exact) mass is 243 g/mol. The Morgan fingerprint density at radius 1 is 1.50 bits per heavy atom. The van der Waals surface area contributed by atoms with Crippen molar-refractivity contribution < 1.29 is 4.79 Å². The first-order valence-electron chi connectivity index (χ1n) is 6.45. The van der Waals surface area contributed by atoms with Crippen molar-refractivity contribution in [2.45, 2.75) is 19.8 Å². The summed E-state index contributed by atoms with van der Waals surface area (Å²) in [6, 6.07) is 7.96. The molecule has 4 nitrogen and oxygen atoms in total. The normalized spacial score (nSPS) is 22.1. The molecule has 3 rings (SSSR count). The number of nitrogens with one attached hydrogen (secondary N) is 2. The van der Waals surface area contributed by atoms with Crippen molar-refractivity contribution in [3.63, 3.8) is 0 Å². The molecule has 0 spiro atoms. The Morgan fingerprint density at radius 3 is 3.00 bits per heavy atom. The number of hydrogen-bond acceptors (Lipinski definition) is 2. The van der Waals surface area contributed by atoms with E-state index < -0.39 is 0 Å². The smallest absolute Gasteiger partial charge is 0.223 e. The molecule has 1 fully saturated rings. The van der Waals surface area contributed by atoms with Gasteiger partial charge in [-0.1, -0.05) is 19.1 Å². The summed E-state index contributed by atoms with van der Waals surface area (Å²) < 4.78 is 0. The second-order valence-electron chi connectivity index (χ2n) is 5.06. The van der Waals surface area contributed by atoms with Crippen molar-refractivity contribution >= 4 is 16.9 Å². The van der Waals surface area contributed by atoms with E-state index in [0.29, 0.717) is 12.5 Å². The molecular weight excluding hydrogens is 226 g/mol. The second kappa shape index (κ2) is 4.44. The van der Waals surface area contributed by atoms with Gasteiger partial charge < -0.3 is 10.3 Å². The van der Waals surface area contributed by atoms with E-state index in [1.165, 1.54) is 0 Å². The van der Waals surface area contributed by atoms with Gasteiger partial charge in [0.1, 0.15) is 5.82 Å². The van der Waals surface area contributed by atoms with E-state index in [1.807, 2.05) is 24.3 Å². The number of carbonyl (C=O) groups is 1. The van der Waals surface area contributed by atoms with Crippen LogP contribution in [-0.4, -0.2) is 22.4 Å². The summed E-state index contributed by atoms with van der Waals surface area (Å²) in [5.41, 5.74) is 2.03. The van der Waals surface area contributed by atoms with E-state index in [4.69, 9.17) is 0 Å². The van der Waals surface area contributed by atoms with Crippen LogP contribution in [0.4, 0.5) is 0 Å². The van der Waals surface area contributed by atoms with E-state index in [9.17, 15) is 4.79 Å². The molecule has 18 heavy (non-hydrogen) atoms. The molecule has 1 amide bonds. The second-order valence-corrected chi connectivity index (χ2v) is 5.06. The standard InChI is InChI=1S/C14H17N3O/c1-9-8-10(9)14(18)15-7-6-13-16-11-4-2-3-5-12(11)17-13/h2-5,9-10H,6-8H2,1H3,(H,15,18)(H,16,17). The fourth-order valence-corrected chi connectivity index (χ4v) is 2.25. The lowest BCUT2D eigenvalue weighted by atomic mass is 10.3. The number of carbonyl (C=O) groups excluding carboxylic acids is 1. The number of benzene rings is 1. The van der Waals surface area contributed by atoms with Crippen LogP contribution in [0, 0.1) is 11.8 Å². The highest BCUT2D eigenvalue weighted by atomic mass is 16.2. The number of para-hydroxylation sites is 2. The summed E-state index contributed by atoms with van der Waals surface area (Å²) >= 11 is 0. The SMILES string of the molecule is CC1CC1C(=O)NCCc1nc2ccccc2[nH]1. The average Bonchev–Trinajstić information content (AvgIpc) is 2.95. The molecule has 1 heterocycles. The van der Waals surface area contributed by atoms with Gasteiger partial charge in [-0.25, -0.2) is 4.98 Å². The van der Waals surface area contributed by atoms with Gasteiger partial charge in [0.2, 0.25) is 5.91 Å². The summed E-state index contributed by atoms with van der Waals surface area (Å²) in [6.07, 6.45) is 1.79. The maximum atomic E-state index is 11.6. The van der Waals surface area contributed by atoms with Gasteiger partial charge in [0, 0.05) is 18.9 Å². The van der Waals surface area contributed by atoms with Crippen molar-refractivity contribution in [1.29, 1.82) is 0 Å². The molecule has 2 unspecified atom stereocenters. The first kappa shape index (κ1) is 11.3. The summed E-state index contributed by atoms with van der Waals surface area (Å²) in [4.78, 5) is 19.4. The topological polar surface area (TPSA) is 57.8 Å². The summed E-state index contributed by atoms with van der Waals surface area (Å²) in [6.45, 7) is 2.77. The number of fused-ring (bicyclic) bond motifs is 1. The van der Waals surface area contributed by atoms with Crippen LogP contribution < -0.4 is 5.32 Å². The van der Waals surface area contributed by atoms with Crippen molar-refractivity contribution in [3.05, 3.63) is 30.1 Å². The van der Waals surface area contributed by atoms with Gasteiger partial charge in [-0.15, -0.1) is 0 Å². The Bertz CT molecular complexity index is 542. The Hall–Kier alpha value is -1.84. The Morgan fingerprint density at radius 2 is 2.28 bits per heavy atom. The van der Waals surface area contributed by atoms with E-state index in [1.54, 1.807) is 0 Å². The fraction of sp³-hybridized carbons (Fsp3) is 0.429. The van der Waals surface area contributed by atoms with Crippen LogP contribution in [0.5, 0.6) is 0 Å². The van der Waals surface area contributed by atoms with Gasteiger partial charge in [-0.05, 0) is 24.5 Å². The molecular formula is C14H17N3O. The first-order valence-corrected chi connectivity index (χ1v) is 6.45. The third-order valence-electron chi connectivity index (χ3n) is 3.55. The molecule has 1 aliphatic rings. The average molecular weight is 243 g/mol. The number of amides is 1. The minimum absolute atomic E-state index is 0.193. The van der Waals surface area contributed by atoms with Crippen LogP contribution >= 0.6 is 0 Å². The zero-order valence-electron chi connectivity index (χ0n) is 10.4. The molecule has 1 aliphatic carbocycles. The Labute approximate surface area is 106 Å². The number of aromatic amines is 1. The van der Waals surface area contributed by atoms with Gasteiger partial charge in [-0.3, -0.25) is 4.79 Å². The predicted molar refractivity (Wildman–Crippen MR) is 70.1 cm³/mol. The number of H-pyrrole nitrogens is 1. The number of nitrogens with zero attached hydrogens (tertiary/aromatic N) is 1. The molecule has 2 atom stereocenters. The zero-order valence-corrected chi connectivity index (χ0v) is 10.4. The Balaban J connectivity index is 1.55. The first-order chi connectivity index (χ1) is 8.74. The van der Waals surface area contributed by atoms with Gasteiger partial charge in [0.25, 0.3) is 0 Å². The lowest BCUT2D eigenvalue weighted by molar-refractivity contribution is -0.122. The van der Waals surface area contributed by atoms with Crippen LogP contribution in [0.2, 0.25) is 0 Å². The van der Waals surface area contributed by atoms with E-state index in [-0.39, 0.29) is 11.8 Å². The van der Waals surface area contributed by atoms with E-state index in [2.05, 4.69) is 22.2 Å². The maximum Gasteiger partial charge on any atom is 0.223 e. The molecule has 0 saturated heterocycles. The molecule has 0 bridgehead atoms. The van der Waals surface area contributed by atoms with Crippen molar-refractivity contribution in [3.8, 4) is 0 Å². The third kappa shape index (κ3) is 2.23. The molecule has 1 saturated carbocycles. The molecule has 4 heteroatoms. The van der Waals surface area contributed by atoms with Gasteiger partial charge >= 0.3 is 0 Å². The quantitative estimate of drug-likeness (QED) is 0.861. The zero-order chi connectivity index (χ0) is 12.5. The maximum absolute atomic E-state index is 11.6. The lowest BCUT2D eigenvalue weighted by Gasteiger charge is -2.02. The number of hydrogen-bond donors (Lipinski definition) is 2. The lowest BCUT2D eigenvalue weighted by Crippen LogP contribution is -2.27. The van der Waals surface area contributed by atoms with Crippen LogP contribution in [-0.2, 0) is 11.2 Å². The van der Waals surface area contributed by atoms with Crippen molar-refractivity contribution in [2.75, 3.05) is 6.54 Å². The number of imidazole rings is 1.